The van der Waals surface area contributed by atoms with E-state index < -0.39 is 60.5 Å². The summed E-state index contributed by atoms with van der Waals surface area (Å²) >= 11 is 0. The fourth-order valence-corrected chi connectivity index (χ4v) is 4.99. The summed E-state index contributed by atoms with van der Waals surface area (Å²) in [6.07, 6.45) is -0.524. The van der Waals surface area contributed by atoms with E-state index in [-0.39, 0.29) is 6.61 Å². The Balaban J connectivity index is 1.86. The van der Waals surface area contributed by atoms with Gasteiger partial charge in [0.1, 0.15) is 12.6 Å². The van der Waals surface area contributed by atoms with Crippen molar-refractivity contribution >= 4 is 13.5 Å². The molecule has 0 aliphatic carbocycles. The Morgan fingerprint density at radius 1 is 0.824 bits per heavy atom. The predicted octanol–water partition coefficient (Wildman–Crippen LogP) is 5.88. The zero-order valence-electron chi connectivity index (χ0n) is 17.7. The molecule has 0 bridgehead atoms. The third kappa shape index (κ3) is 6.01. The number of hydrogen-bond donors (Lipinski definition) is 1. The van der Waals surface area contributed by atoms with E-state index in [4.69, 9.17) is 9.26 Å². The molecule has 5 nitrogen and oxygen atoms in total. The summed E-state index contributed by atoms with van der Waals surface area (Å²) in [6.45, 7) is 1.15. The average molecular weight is 499 g/mol. The highest BCUT2D eigenvalue weighted by Crippen LogP contribution is 2.49. The zero-order valence-corrected chi connectivity index (χ0v) is 18.6. The molecular formula is C23H19F5NO4P. The molecule has 3 aromatic rings. The van der Waals surface area contributed by atoms with Gasteiger partial charge in [-0.2, -0.15) is 8.78 Å². The number of benzene rings is 3. The predicted molar refractivity (Wildman–Crippen MR) is 113 cm³/mol. The van der Waals surface area contributed by atoms with Gasteiger partial charge in [-0.3, -0.25) is 9.36 Å². The Morgan fingerprint density at radius 3 is 1.82 bits per heavy atom. The first-order chi connectivity index (χ1) is 16.1. The lowest BCUT2D eigenvalue weighted by atomic mass is 10.2. The van der Waals surface area contributed by atoms with E-state index in [0.29, 0.717) is 11.1 Å². The van der Waals surface area contributed by atoms with E-state index in [9.17, 15) is 31.3 Å². The van der Waals surface area contributed by atoms with Crippen LogP contribution in [0.3, 0.4) is 0 Å². The largest absolute Gasteiger partial charge is 0.460 e. The maximum absolute atomic E-state index is 14.2. The van der Waals surface area contributed by atoms with Crippen molar-refractivity contribution in [2.45, 2.75) is 25.7 Å². The van der Waals surface area contributed by atoms with Crippen LogP contribution >= 0.6 is 7.52 Å². The molecule has 11 heteroatoms. The lowest BCUT2D eigenvalue weighted by Gasteiger charge is -2.24. The van der Waals surface area contributed by atoms with Crippen LogP contribution in [-0.4, -0.2) is 12.0 Å². The summed E-state index contributed by atoms with van der Waals surface area (Å²) in [6, 6.07) is 15.2. The summed E-state index contributed by atoms with van der Waals surface area (Å²) in [7, 11) is -4.46. The number of halogens is 5. The van der Waals surface area contributed by atoms with Crippen LogP contribution in [0.25, 0.3) is 0 Å². The van der Waals surface area contributed by atoms with E-state index in [0.717, 1.165) is 0 Å². The molecular weight excluding hydrogens is 480 g/mol. The molecule has 0 unspecified atom stereocenters. The molecule has 0 aliphatic heterocycles. The number of ether oxygens (including phenoxy) is 1. The number of carbonyl (C=O) groups is 1. The van der Waals surface area contributed by atoms with Crippen LogP contribution in [0.5, 0.6) is 5.75 Å². The van der Waals surface area contributed by atoms with E-state index >= 15 is 0 Å². The summed E-state index contributed by atoms with van der Waals surface area (Å²) in [4.78, 5) is 12.4. The number of rotatable bonds is 9. The maximum Gasteiger partial charge on any atom is 0.323 e. The van der Waals surface area contributed by atoms with Gasteiger partial charge in [0, 0.05) is 0 Å². The van der Waals surface area contributed by atoms with Crippen LogP contribution in [0.15, 0.2) is 60.7 Å². The second-order valence-corrected chi connectivity index (χ2v) is 9.36. The van der Waals surface area contributed by atoms with Crippen molar-refractivity contribution in [3.63, 3.8) is 0 Å². The summed E-state index contributed by atoms with van der Waals surface area (Å²) in [5, 5.41) is 2.32. The molecule has 0 saturated heterocycles. The Kier molecular flexibility index (Phi) is 8.06. The maximum atomic E-state index is 14.2. The van der Waals surface area contributed by atoms with Gasteiger partial charge in [-0.25, -0.2) is 18.3 Å². The molecule has 3 rings (SSSR count). The van der Waals surface area contributed by atoms with Gasteiger partial charge in [0.05, 0.1) is 6.16 Å². The standard InChI is InChI=1S/C23H19F5NO4P/c1-14(23(30)32-12-15-8-4-2-5-9-15)29-34(31,13-16-10-6-3-7-11-16)33-22-20(27)18(25)17(24)19(26)21(22)28/h2-11,14H,12-13H2,1H3,(H,29,31)/t14-,34+/m0/s1. The molecule has 0 saturated carbocycles. The molecule has 180 valence electrons. The van der Waals surface area contributed by atoms with Gasteiger partial charge in [-0.05, 0) is 18.1 Å². The van der Waals surface area contributed by atoms with Crippen molar-refractivity contribution in [3.8, 4) is 5.75 Å². The highest BCUT2D eigenvalue weighted by Gasteiger charge is 2.36. The molecule has 0 radical (unpaired) electrons. The van der Waals surface area contributed by atoms with Crippen molar-refractivity contribution in [2.24, 2.45) is 0 Å². The number of carbonyl (C=O) groups excluding carboxylic acids is 1. The van der Waals surface area contributed by atoms with Crippen molar-refractivity contribution < 1.29 is 40.6 Å². The van der Waals surface area contributed by atoms with E-state index in [1.807, 2.05) is 0 Å². The fourth-order valence-electron chi connectivity index (χ4n) is 2.94. The van der Waals surface area contributed by atoms with Crippen molar-refractivity contribution in [2.75, 3.05) is 0 Å². The first-order valence-electron chi connectivity index (χ1n) is 9.93. The lowest BCUT2D eigenvalue weighted by molar-refractivity contribution is -0.146. The summed E-state index contributed by atoms with van der Waals surface area (Å²) < 4.78 is 92.6. The van der Waals surface area contributed by atoms with Crippen LogP contribution in [0.4, 0.5) is 22.0 Å². The summed E-state index contributed by atoms with van der Waals surface area (Å²) in [5.41, 5.74) is 1.03. The van der Waals surface area contributed by atoms with Gasteiger partial charge in [0.15, 0.2) is 0 Å². The molecule has 1 N–H and O–H groups in total. The second kappa shape index (κ2) is 10.8. The van der Waals surface area contributed by atoms with Crippen LogP contribution in [0, 0.1) is 29.1 Å². The molecule has 0 fully saturated rings. The molecule has 2 atom stereocenters. The van der Waals surface area contributed by atoms with Crippen LogP contribution in [0.1, 0.15) is 18.1 Å². The zero-order chi connectivity index (χ0) is 24.9. The van der Waals surface area contributed by atoms with Crippen molar-refractivity contribution in [1.29, 1.82) is 0 Å². The molecule has 0 aromatic heterocycles. The SMILES string of the molecule is C[C@H](N[P@@](=O)(Cc1ccccc1)Oc1c(F)c(F)c(F)c(F)c1F)C(=O)OCc1ccccc1. The first-order valence-corrected chi connectivity index (χ1v) is 11.7. The highest BCUT2D eigenvalue weighted by molar-refractivity contribution is 7.56. The quantitative estimate of drug-likeness (QED) is 0.131. The third-order valence-electron chi connectivity index (χ3n) is 4.61. The van der Waals surface area contributed by atoms with Crippen LogP contribution in [-0.2, 0) is 26.9 Å². The fraction of sp³-hybridized carbons (Fsp3) is 0.174. The lowest BCUT2D eigenvalue weighted by Crippen LogP contribution is -2.35. The van der Waals surface area contributed by atoms with E-state index in [2.05, 4.69) is 5.09 Å². The summed E-state index contributed by atoms with van der Waals surface area (Å²) in [5.74, 6) is -14.1. The Morgan fingerprint density at radius 2 is 1.29 bits per heavy atom. The topological polar surface area (TPSA) is 64.6 Å². The third-order valence-corrected chi connectivity index (χ3v) is 6.65. The van der Waals surface area contributed by atoms with Crippen molar-refractivity contribution in [3.05, 3.63) is 101 Å². The molecule has 0 amide bonds. The van der Waals surface area contributed by atoms with Crippen molar-refractivity contribution in [1.82, 2.24) is 5.09 Å². The minimum absolute atomic E-state index is 0.104. The Hall–Kier alpha value is -3.23. The second-order valence-electron chi connectivity index (χ2n) is 7.25. The average Bonchev–Trinajstić information content (AvgIpc) is 2.84. The molecule has 34 heavy (non-hydrogen) atoms. The Bertz CT molecular complexity index is 1180. The number of esters is 1. The monoisotopic (exact) mass is 499 g/mol. The molecule has 0 spiro atoms. The van der Waals surface area contributed by atoms with Gasteiger partial charge in [-0.1, -0.05) is 60.7 Å². The first kappa shape index (κ1) is 25.4. The van der Waals surface area contributed by atoms with Gasteiger partial charge >= 0.3 is 13.5 Å². The van der Waals surface area contributed by atoms with Crippen LogP contribution < -0.4 is 9.61 Å². The minimum Gasteiger partial charge on any atom is -0.460 e. The normalized spacial score (nSPS) is 13.7. The van der Waals surface area contributed by atoms with Gasteiger partial charge in [0.2, 0.25) is 34.8 Å². The van der Waals surface area contributed by atoms with Crippen LogP contribution in [0.2, 0.25) is 0 Å². The Labute approximate surface area is 192 Å². The van der Waals surface area contributed by atoms with Gasteiger partial charge in [-0.15, -0.1) is 0 Å². The van der Waals surface area contributed by atoms with Gasteiger partial charge in [0.25, 0.3) is 0 Å². The molecule has 0 heterocycles. The van der Waals surface area contributed by atoms with Gasteiger partial charge < -0.3 is 9.26 Å². The smallest absolute Gasteiger partial charge is 0.323 e. The highest BCUT2D eigenvalue weighted by atomic mass is 31.2. The number of nitrogens with one attached hydrogen (secondary N) is 1. The van der Waals surface area contributed by atoms with E-state index in [1.54, 1.807) is 48.5 Å². The number of hydrogen-bond acceptors (Lipinski definition) is 4. The minimum atomic E-state index is -4.46. The van der Waals surface area contributed by atoms with E-state index in [1.165, 1.54) is 19.1 Å². The molecule has 3 aromatic carbocycles. The molecule has 0 aliphatic rings.